The third-order valence-electron chi connectivity index (χ3n) is 3.17. The number of carboxylic acids is 1. The van der Waals surface area contributed by atoms with Crippen molar-refractivity contribution in [1.82, 2.24) is 4.90 Å². The molecule has 0 aromatic rings. The van der Waals surface area contributed by atoms with Crippen LogP contribution in [0.15, 0.2) is 0 Å². The summed E-state index contributed by atoms with van der Waals surface area (Å²) in [7, 11) is 0. The van der Waals surface area contributed by atoms with Crippen molar-refractivity contribution in [2.75, 3.05) is 13.1 Å². The maximum Gasteiger partial charge on any atom is 0.306 e. The predicted octanol–water partition coefficient (Wildman–Crippen LogP) is 0.945. The molecule has 2 saturated heterocycles. The van der Waals surface area contributed by atoms with Gasteiger partial charge < -0.3 is 10.0 Å². The summed E-state index contributed by atoms with van der Waals surface area (Å²) in [6.07, 6.45) is 4.21. The van der Waals surface area contributed by atoms with E-state index in [1.165, 1.54) is 19.4 Å². The molecular weight excluding hydrogens is 154 g/mol. The Hall–Kier alpha value is -0.570. The van der Waals surface area contributed by atoms with Crippen LogP contribution in [-0.2, 0) is 4.79 Å². The molecule has 0 bridgehead atoms. The summed E-state index contributed by atoms with van der Waals surface area (Å²) in [4.78, 5) is 13.2. The van der Waals surface area contributed by atoms with Crippen LogP contribution in [0.3, 0.4) is 0 Å². The van der Waals surface area contributed by atoms with E-state index in [1.54, 1.807) is 0 Å². The van der Waals surface area contributed by atoms with Gasteiger partial charge >= 0.3 is 5.97 Å². The number of hydrogen-bond donors (Lipinski definition) is 1. The zero-order valence-electron chi connectivity index (χ0n) is 7.20. The van der Waals surface area contributed by atoms with Gasteiger partial charge in [-0.15, -0.1) is 0 Å². The van der Waals surface area contributed by atoms with E-state index >= 15 is 0 Å². The van der Waals surface area contributed by atoms with Gasteiger partial charge in [0.2, 0.25) is 0 Å². The molecule has 2 aliphatic heterocycles. The third-order valence-corrected chi connectivity index (χ3v) is 3.17. The minimum absolute atomic E-state index is 0.0654. The molecule has 68 valence electrons. The first-order valence-corrected chi connectivity index (χ1v) is 4.74. The van der Waals surface area contributed by atoms with Crippen LogP contribution in [0.2, 0.25) is 0 Å². The first kappa shape index (κ1) is 8.05. The summed E-state index contributed by atoms with van der Waals surface area (Å²) in [5.74, 6) is -0.661. The molecule has 2 atom stereocenters. The van der Waals surface area contributed by atoms with Crippen LogP contribution in [-0.4, -0.2) is 35.1 Å². The van der Waals surface area contributed by atoms with E-state index in [0.717, 1.165) is 19.4 Å². The third kappa shape index (κ3) is 1.33. The summed E-state index contributed by atoms with van der Waals surface area (Å²) >= 11 is 0. The highest BCUT2D eigenvalue weighted by molar-refractivity contribution is 5.70. The van der Waals surface area contributed by atoms with Gasteiger partial charge in [0.05, 0.1) is 5.92 Å². The van der Waals surface area contributed by atoms with Gasteiger partial charge in [0.15, 0.2) is 0 Å². The summed E-state index contributed by atoms with van der Waals surface area (Å²) in [5, 5.41) is 8.84. The van der Waals surface area contributed by atoms with Crippen molar-refractivity contribution in [2.24, 2.45) is 5.92 Å². The van der Waals surface area contributed by atoms with Crippen LogP contribution in [0, 0.1) is 5.92 Å². The number of fused-ring (bicyclic) bond motifs is 1. The molecule has 2 aliphatic rings. The Bertz CT molecular complexity index is 193. The maximum atomic E-state index is 10.7. The quantitative estimate of drug-likeness (QED) is 0.635. The van der Waals surface area contributed by atoms with Gasteiger partial charge in [0.25, 0.3) is 0 Å². The number of rotatable bonds is 1. The van der Waals surface area contributed by atoms with Crippen molar-refractivity contribution < 1.29 is 9.90 Å². The molecule has 2 rings (SSSR count). The van der Waals surface area contributed by atoms with Crippen molar-refractivity contribution in [3.05, 3.63) is 0 Å². The van der Waals surface area contributed by atoms with E-state index in [1.807, 2.05) is 0 Å². The maximum absolute atomic E-state index is 10.7. The lowest BCUT2D eigenvalue weighted by Gasteiger charge is -2.32. The number of carboxylic acid groups (broad SMARTS) is 1. The second-order valence-corrected chi connectivity index (χ2v) is 3.89. The van der Waals surface area contributed by atoms with Crippen LogP contribution in [0.1, 0.15) is 25.7 Å². The molecule has 0 aliphatic carbocycles. The van der Waals surface area contributed by atoms with Gasteiger partial charge in [-0.1, -0.05) is 0 Å². The number of carbonyl (C=O) groups is 1. The fourth-order valence-corrected chi connectivity index (χ4v) is 2.45. The first-order valence-electron chi connectivity index (χ1n) is 4.74. The largest absolute Gasteiger partial charge is 0.481 e. The van der Waals surface area contributed by atoms with Gasteiger partial charge in [0.1, 0.15) is 0 Å². The highest BCUT2D eigenvalue weighted by Gasteiger charge is 2.34. The lowest BCUT2D eigenvalue weighted by Crippen LogP contribution is -2.40. The number of piperidine rings is 1. The molecule has 2 fully saturated rings. The van der Waals surface area contributed by atoms with E-state index in [0.29, 0.717) is 6.04 Å². The van der Waals surface area contributed by atoms with Crippen molar-refractivity contribution in [3.63, 3.8) is 0 Å². The zero-order chi connectivity index (χ0) is 8.55. The molecule has 0 radical (unpaired) electrons. The molecule has 0 amide bonds. The first-order chi connectivity index (χ1) is 5.77. The zero-order valence-corrected chi connectivity index (χ0v) is 7.20. The summed E-state index contributed by atoms with van der Waals surface area (Å²) < 4.78 is 0. The Morgan fingerprint density at radius 2 is 2.17 bits per heavy atom. The van der Waals surface area contributed by atoms with Gasteiger partial charge in [-0.2, -0.15) is 0 Å². The average molecular weight is 169 g/mol. The van der Waals surface area contributed by atoms with Gasteiger partial charge in [-0.25, -0.2) is 0 Å². The molecule has 3 heteroatoms. The molecule has 0 saturated carbocycles. The van der Waals surface area contributed by atoms with Crippen molar-refractivity contribution >= 4 is 5.97 Å². The van der Waals surface area contributed by atoms with Crippen LogP contribution < -0.4 is 0 Å². The van der Waals surface area contributed by atoms with E-state index in [9.17, 15) is 4.79 Å². The van der Waals surface area contributed by atoms with Crippen molar-refractivity contribution in [3.8, 4) is 0 Å². The predicted molar refractivity (Wildman–Crippen MR) is 45.0 cm³/mol. The van der Waals surface area contributed by atoms with Crippen LogP contribution in [0.4, 0.5) is 0 Å². The summed E-state index contributed by atoms with van der Waals surface area (Å²) in [6, 6.07) is 0.583. The van der Waals surface area contributed by atoms with Gasteiger partial charge in [-0.3, -0.25) is 4.79 Å². The average Bonchev–Trinajstić information content (AvgIpc) is 2.49. The van der Waals surface area contributed by atoms with Crippen molar-refractivity contribution in [1.29, 1.82) is 0 Å². The minimum Gasteiger partial charge on any atom is -0.481 e. The van der Waals surface area contributed by atoms with Crippen LogP contribution in [0.25, 0.3) is 0 Å². The monoisotopic (exact) mass is 169 g/mol. The van der Waals surface area contributed by atoms with Crippen LogP contribution in [0.5, 0.6) is 0 Å². The number of hydrogen-bond acceptors (Lipinski definition) is 2. The Labute approximate surface area is 72.4 Å². The van der Waals surface area contributed by atoms with E-state index in [-0.39, 0.29) is 5.92 Å². The SMILES string of the molecule is O=C(O)C1CCN2CCCC2C1. The highest BCUT2D eigenvalue weighted by Crippen LogP contribution is 2.30. The smallest absolute Gasteiger partial charge is 0.306 e. The van der Waals surface area contributed by atoms with Gasteiger partial charge in [-0.05, 0) is 38.8 Å². The molecule has 1 N–H and O–H groups in total. The second kappa shape index (κ2) is 3.05. The number of aliphatic carboxylic acids is 1. The fraction of sp³-hybridized carbons (Fsp3) is 0.889. The second-order valence-electron chi connectivity index (χ2n) is 3.89. The molecule has 0 aromatic heterocycles. The molecule has 0 aromatic carbocycles. The number of nitrogens with zero attached hydrogens (tertiary/aromatic N) is 1. The van der Waals surface area contributed by atoms with E-state index in [2.05, 4.69) is 4.90 Å². The molecule has 2 heterocycles. The Morgan fingerprint density at radius 3 is 2.92 bits per heavy atom. The fourth-order valence-electron chi connectivity index (χ4n) is 2.45. The molecule has 2 unspecified atom stereocenters. The van der Waals surface area contributed by atoms with Crippen LogP contribution >= 0.6 is 0 Å². The Kier molecular flexibility index (Phi) is 2.05. The lowest BCUT2D eigenvalue weighted by atomic mass is 9.91. The normalized spacial score (nSPS) is 36.3. The lowest BCUT2D eigenvalue weighted by molar-refractivity contribution is -0.143. The molecular formula is C9H15NO2. The summed E-state index contributed by atoms with van der Waals surface area (Å²) in [6.45, 7) is 2.19. The van der Waals surface area contributed by atoms with E-state index in [4.69, 9.17) is 5.11 Å². The minimum atomic E-state index is -0.596. The van der Waals surface area contributed by atoms with Crippen molar-refractivity contribution in [2.45, 2.75) is 31.7 Å². The van der Waals surface area contributed by atoms with E-state index < -0.39 is 5.97 Å². The molecule has 12 heavy (non-hydrogen) atoms. The topological polar surface area (TPSA) is 40.5 Å². The van der Waals surface area contributed by atoms with Gasteiger partial charge in [0, 0.05) is 6.04 Å². The Morgan fingerprint density at radius 1 is 1.33 bits per heavy atom. The summed E-state index contributed by atoms with van der Waals surface area (Å²) in [5.41, 5.74) is 0. The Balaban J connectivity index is 1.96. The highest BCUT2D eigenvalue weighted by atomic mass is 16.4. The molecule has 0 spiro atoms. The standard InChI is InChI=1S/C9H15NO2/c11-9(12)7-3-5-10-4-1-2-8(10)6-7/h7-8H,1-6H2,(H,11,12). The molecule has 3 nitrogen and oxygen atoms in total.